The zero-order valence-corrected chi connectivity index (χ0v) is 14.0. The van der Waals surface area contributed by atoms with Gasteiger partial charge in [-0.25, -0.2) is 9.18 Å². The van der Waals surface area contributed by atoms with Gasteiger partial charge in [0.15, 0.2) is 17.9 Å². The fourth-order valence-corrected chi connectivity index (χ4v) is 2.43. The molecule has 0 bridgehead atoms. The van der Waals surface area contributed by atoms with Gasteiger partial charge in [0.2, 0.25) is 5.91 Å². The number of aliphatic hydroxyl groups is 2. The SMILES string of the molecule is C[C@H]1O[C@@H](n2cc(F)c(NC(=O)CC(C)(C)C)nc2=O)C(O)C1O. The lowest BCUT2D eigenvalue weighted by molar-refractivity contribution is -0.117. The second-order valence-corrected chi connectivity index (χ2v) is 7.13. The van der Waals surface area contributed by atoms with E-state index in [9.17, 15) is 24.2 Å². The molecule has 1 amide bonds. The standard InChI is InChI=1S/C15H22FN3O5/c1-7-10(21)11(22)13(24-7)19-6-8(16)12(18-14(19)23)17-9(20)5-15(2,3)4/h6-7,10-11,13,21-22H,5H2,1-4H3,(H,17,18,20,23)/t7-,10?,11?,13-/m1/s1. The minimum Gasteiger partial charge on any atom is -0.388 e. The highest BCUT2D eigenvalue weighted by molar-refractivity contribution is 5.90. The molecule has 24 heavy (non-hydrogen) atoms. The van der Waals surface area contributed by atoms with Crippen LogP contribution in [-0.4, -0.2) is 44.0 Å². The van der Waals surface area contributed by atoms with Crippen molar-refractivity contribution in [2.24, 2.45) is 5.41 Å². The number of carbonyl (C=O) groups is 1. The third-order valence-electron chi connectivity index (χ3n) is 3.61. The Balaban J connectivity index is 2.23. The Morgan fingerprint density at radius 1 is 1.42 bits per heavy atom. The highest BCUT2D eigenvalue weighted by Gasteiger charge is 2.42. The molecule has 2 heterocycles. The van der Waals surface area contributed by atoms with Crippen LogP contribution in [-0.2, 0) is 9.53 Å². The summed E-state index contributed by atoms with van der Waals surface area (Å²) in [6, 6.07) is 0. The molecule has 134 valence electrons. The van der Waals surface area contributed by atoms with E-state index in [-0.39, 0.29) is 11.8 Å². The molecule has 1 fully saturated rings. The number of amides is 1. The smallest absolute Gasteiger partial charge is 0.351 e. The van der Waals surface area contributed by atoms with E-state index in [0.717, 1.165) is 10.8 Å². The minimum atomic E-state index is -1.39. The predicted octanol–water partition coefficient (Wildman–Crippen LogP) is 0.396. The van der Waals surface area contributed by atoms with Crippen LogP contribution in [0.4, 0.5) is 10.2 Å². The van der Waals surface area contributed by atoms with Crippen molar-refractivity contribution in [1.82, 2.24) is 9.55 Å². The predicted molar refractivity (Wildman–Crippen MR) is 82.8 cm³/mol. The Hall–Kier alpha value is -1.84. The molecule has 0 radical (unpaired) electrons. The van der Waals surface area contributed by atoms with Gasteiger partial charge in [0.05, 0.1) is 12.3 Å². The maximum Gasteiger partial charge on any atom is 0.351 e. The number of rotatable bonds is 3. The normalized spacial score (nSPS) is 27.3. The molecule has 1 aliphatic rings. The highest BCUT2D eigenvalue weighted by atomic mass is 19.1. The van der Waals surface area contributed by atoms with E-state index in [1.165, 1.54) is 6.92 Å². The van der Waals surface area contributed by atoms with Gasteiger partial charge < -0.3 is 20.3 Å². The first kappa shape index (κ1) is 18.5. The van der Waals surface area contributed by atoms with Gasteiger partial charge in [-0.3, -0.25) is 9.36 Å². The minimum absolute atomic E-state index is 0.130. The van der Waals surface area contributed by atoms with Crippen molar-refractivity contribution >= 4 is 11.7 Å². The summed E-state index contributed by atoms with van der Waals surface area (Å²) in [4.78, 5) is 27.4. The van der Waals surface area contributed by atoms with Crippen molar-refractivity contribution in [2.75, 3.05) is 5.32 Å². The number of ether oxygens (including phenoxy) is 1. The lowest BCUT2D eigenvalue weighted by atomic mass is 9.92. The number of nitrogens with one attached hydrogen (secondary N) is 1. The van der Waals surface area contributed by atoms with Gasteiger partial charge >= 0.3 is 5.69 Å². The van der Waals surface area contributed by atoms with Crippen LogP contribution in [0.25, 0.3) is 0 Å². The fourth-order valence-electron chi connectivity index (χ4n) is 2.43. The van der Waals surface area contributed by atoms with E-state index in [1.54, 1.807) is 0 Å². The van der Waals surface area contributed by atoms with Crippen molar-refractivity contribution in [2.45, 2.75) is 58.7 Å². The molecular weight excluding hydrogens is 321 g/mol. The first-order chi connectivity index (χ1) is 11.0. The Morgan fingerprint density at radius 2 is 2.04 bits per heavy atom. The molecule has 1 saturated heterocycles. The molecule has 2 rings (SSSR count). The summed E-state index contributed by atoms with van der Waals surface area (Å²) in [6.07, 6.45) is -3.63. The molecule has 1 aliphatic heterocycles. The van der Waals surface area contributed by atoms with Gasteiger partial charge in [-0.1, -0.05) is 20.8 Å². The number of nitrogens with zero attached hydrogens (tertiary/aromatic N) is 2. The quantitative estimate of drug-likeness (QED) is 0.732. The van der Waals surface area contributed by atoms with E-state index in [1.807, 2.05) is 20.8 Å². The highest BCUT2D eigenvalue weighted by Crippen LogP contribution is 2.28. The first-order valence-electron chi connectivity index (χ1n) is 7.60. The zero-order chi connectivity index (χ0) is 18.2. The second kappa shape index (κ2) is 6.58. The van der Waals surface area contributed by atoms with Crippen molar-refractivity contribution in [3.8, 4) is 0 Å². The molecule has 2 unspecified atom stereocenters. The Bertz CT molecular complexity index is 685. The number of hydrogen-bond donors (Lipinski definition) is 3. The Morgan fingerprint density at radius 3 is 2.54 bits per heavy atom. The summed E-state index contributed by atoms with van der Waals surface area (Å²) >= 11 is 0. The Kier molecular flexibility index (Phi) is 5.07. The molecule has 3 N–H and O–H groups in total. The summed E-state index contributed by atoms with van der Waals surface area (Å²) in [5.74, 6) is -1.89. The topological polar surface area (TPSA) is 114 Å². The zero-order valence-electron chi connectivity index (χ0n) is 14.0. The molecule has 1 aromatic rings. The van der Waals surface area contributed by atoms with Crippen LogP contribution in [0.15, 0.2) is 11.0 Å². The number of aliphatic hydroxyl groups excluding tert-OH is 2. The van der Waals surface area contributed by atoms with Gasteiger partial charge in [-0.15, -0.1) is 0 Å². The van der Waals surface area contributed by atoms with Gasteiger partial charge in [0.1, 0.15) is 12.2 Å². The van der Waals surface area contributed by atoms with Crippen LogP contribution in [0.5, 0.6) is 0 Å². The van der Waals surface area contributed by atoms with Crippen molar-refractivity contribution in [3.05, 3.63) is 22.5 Å². The summed E-state index contributed by atoms with van der Waals surface area (Å²) in [5, 5.41) is 21.8. The molecule has 0 saturated carbocycles. The maximum absolute atomic E-state index is 14.2. The maximum atomic E-state index is 14.2. The van der Waals surface area contributed by atoms with Gasteiger partial charge in [0.25, 0.3) is 0 Å². The molecule has 9 heteroatoms. The van der Waals surface area contributed by atoms with E-state index in [2.05, 4.69) is 10.3 Å². The molecular formula is C15H22FN3O5. The fraction of sp³-hybridized carbons (Fsp3) is 0.667. The van der Waals surface area contributed by atoms with Crippen LogP contribution in [0.3, 0.4) is 0 Å². The van der Waals surface area contributed by atoms with Gasteiger partial charge in [-0.05, 0) is 12.3 Å². The van der Waals surface area contributed by atoms with Gasteiger partial charge in [0, 0.05) is 6.42 Å². The summed E-state index contributed by atoms with van der Waals surface area (Å²) in [5.41, 5.74) is -1.21. The lowest BCUT2D eigenvalue weighted by Crippen LogP contribution is -2.36. The molecule has 0 spiro atoms. The number of halogens is 1. The van der Waals surface area contributed by atoms with Crippen molar-refractivity contribution < 1.29 is 24.1 Å². The monoisotopic (exact) mass is 343 g/mol. The number of anilines is 1. The second-order valence-electron chi connectivity index (χ2n) is 7.13. The van der Waals surface area contributed by atoms with Crippen LogP contribution in [0, 0.1) is 11.2 Å². The third kappa shape index (κ3) is 3.97. The molecule has 1 aromatic heterocycles. The van der Waals surface area contributed by atoms with E-state index in [0.29, 0.717) is 0 Å². The molecule has 0 aliphatic carbocycles. The summed E-state index contributed by atoms with van der Waals surface area (Å²) < 4.78 is 20.2. The molecule has 0 aromatic carbocycles. The van der Waals surface area contributed by atoms with E-state index in [4.69, 9.17) is 4.74 Å². The van der Waals surface area contributed by atoms with E-state index >= 15 is 0 Å². The van der Waals surface area contributed by atoms with E-state index < -0.39 is 47.8 Å². The van der Waals surface area contributed by atoms with Crippen LogP contribution in [0.2, 0.25) is 0 Å². The van der Waals surface area contributed by atoms with Crippen LogP contribution < -0.4 is 11.0 Å². The first-order valence-corrected chi connectivity index (χ1v) is 7.60. The molecule has 8 nitrogen and oxygen atoms in total. The number of hydrogen-bond acceptors (Lipinski definition) is 6. The van der Waals surface area contributed by atoms with Crippen LogP contribution >= 0.6 is 0 Å². The third-order valence-corrected chi connectivity index (χ3v) is 3.61. The largest absolute Gasteiger partial charge is 0.388 e. The summed E-state index contributed by atoms with van der Waals surface area (Å²) in [7, 11) is 0. The average Bonchev–Trinajstić information content (AvgIpc) is 2.68. The van der Waals surface area contributed by atoms with Crippen LogP contribution in [0.1, 0.15) is 40.3 Å². The van der Waals surface area contributed by atoms with Gasteiger partial charge in [-0.2, -0.15) is 4.98 Å². The summed E-state index contributed by atoms with van der Waals surface area (Å²) in [6.45, 7) is 7.06. The number of carbonyl (C=O) groups excluding carboxylic acids is 1. The Labute approximate surface area is 138 Å². The van der Waals surface area contributed by atoms with Crippen molar-refractivity contribution in [3.63, 3.8) is 0 Å². The van der Waals surface area contributed by atoms with Crippen molar-refractivity contribution in [1.29, 1.82) is 0 Å². The number of aromatic nitrogens is 2. The lowest BCUT2D eigenvalue weighted by Gasteiger charge is -2.19. The average molecular weight is 343 g/mol. The molecule has 4 atom stereocenters.